The summed E-state index contributed by atoms with van der Waals surface area (Å²) in [7, 11) is 0. The molecule has 1 unspecified atom stereocenters. The van der Waals surface area contributed by atoms with Crippen molar-refractivity contribution >= 4 is 17.8 Å². The van der Waals surface area contributed by atoms with E-state index in [1.54, 1.807) is 18.2 Å². The van der Waals surface area contributed by atoms with Crippen LogP contribution in [0.15, 0.2) is 24.3 Å². The molecule has 0 aromatic heterocycles. The van der Waals surface area contributed by atoms with E-state index in [0.717, 1.165) is 6.42 Å². The lowest BCUT2D eigenvalue weighted by molar-refractivity contribution is -0.135. The molecule has 23 heavy (non-hydrogen) atoms. The fourth-order valence-corrected chi connectivity index (χ4v) is 2.32. The van der Waals surface area contributed by atoms with E-state index in [4.69, 9.17) is 10.5 Å². The first-order valence-electron chi connectivity index (χ1n) is 7.65. The monoisotopic (exact) mass is 320 g/mol. The minimum absolute atomic E-state index is 0.240. The number of nitrogens with one attached hydrogen (secondary N) is 1. The number of amides is 2. The highest BCUT2D eigenvalue weighted by atomic mass is 16.5. The number of rotatable bonds is 8. The van der Waals surface area contributed by atoms with Gasteiger partial charge in [-0.15, -0.1) is 0 Å². The largest absolute Gasteiger partial charge is 0.426 e. The van der Waals surface area contributed by atoms with Gasteiger partial charge in [-0.1, -0.05) is 26.8 Å². The molecule has 3 N–H and O–H groups in total. The molecule has 1 aromatic carbocycles. The van der Waals surface area contributed by atoms with Crippen LogP contribution >= 0.6 is 0 Å². The number of benzene rings is 1. The first-order valence-corrected chi connectivity index (χ1v) is 7.65. The number of nitrogens with two attached hydrogens (primary N) is 1. The number of ether oxygens (including phenoxy) is 1. The lowest BCUT2D eigenvalue weighted by atomic mass is 9.96. The zero-order valence-corrected chi connectivity index (χ0v) is 13.8. The molecular formula is C17H24N2O4. The topological polar surface area (TPSA) is 98.5 Å². The predicted octanol–water partition coefficient (Wildman–Crippen LogP) is 1.88. The molecule has 0 fully saturated rings. The van der Waals surface area contributed by atoms with E-state index in [0.29, 0.717) is 23.7 Å². The number of primary amides is 1. The van der Waals surface area contributed by atoms with Crippen LogP contribution in [0.2, 0.25) is 0 Å². The Morgan fingerprint density at radius 3 is 2.52 bits per heavy atom. The summed E-state index contributed by atoms with van der Waals surface area (Å²) in [4.78, 5) is 34.4. The predicted molar refractivity (Wildman–Crippen MR) is 86.8 cm³/mol. The summed E-state index contributed by atoms with van der Waals surface area (Å²) >= 11 is 0. The molecule has 0 saturated heterocycles. The van der Waals surface area contributed by atoms with E-state index in [2.05, 4.69) is 19.2 Å². The minimum Gasteiger partial charge on any atom is -0.426 e. The Hall–Kier alpha value is -2.37. The van der Waals surface area contributed by atoms with Crippen LogP contribution in [0.5, 0.6) is 5.75 Å². The van der Waals surface area contributed by atoms with Gasteiger partial charge in [0.05, 0.1) is 6.54 Å². The van der Waals surface area contributed by atoms with Crippen LogP contribution in [0.3, 0.4) is 0 Å². The summed E-state index contributed by atoms with van der Waals surface area (Å²) in [5, 5.41) is 2.38. The molecule has 6 nitrogen and oxygen atoms in total. The highest BCUT2D eigenvalue weighted by Gasteiger charge is 2.14. The summed E-state index contributed by atoms with van der Waals surface area (Å²) < 4.78 is 5.27. The number of hydrogen-bond acceptors (Lipinski definition) is 4. The van der Waals surface area contributed by atoms with Gasteiger partial charge >= 0.3 is 5.97 Å². The van der Waals surface area contributed by atoms with Crippen LogP contribution in [0.1, 0.15) is 44.0 Å². The van der Waals surface area contributed by atoms with Gasteiger partial charge in [0.2, 0.25) is 5.91 Å². The highest BCUT2D eigenvalue weighted by Crippen LogP contribution is 2.18. The number of esters is 1. The average molecular weight is 320 g/mol. The number of carbonyl (C=O) groups excluding carboxylic acids is 3. The van der Waals surface area contributed by atoms with Crippen molar-refractivity contribution in [3.8, 4) is 5.75 Å². The van der Waals surface area contributed by atoms with Crippen molar-refractivity contribution in [2.24, 2.45) is 17.6 Å². The smallest absolute Gasteiger partial charge is 0.311 e. The Morgan fingerprint density at radius 2 is 1.91 bits per heavy atom. The third-order valence-corrected chi connectivity index (χ3v) is 3.14. The Morgan fingerprint density at radius 1 is 1.22 bits per heavy atom. The molecule has 126 valence electrons. The molecule has 0 aliphatic heterocycles. The summed E-state index contributed by atoms with van der Waals surface area (Å²) in [6.45, 7) is 5.98. The van der Waals surface area contributed by atoms with Crippen molar-refractivity contribution in [3.05, 3.63) is 29.8 Å². The number of hydrogen-bond donors (Lipinski definition) is 2. The van der Waals surface area contributed by atoms with Crippen molar-refractivity contribution in [3.63, 3.8) is 0 Å². The third kappa shape index (κ3) is 7.44. The maximum atomic E-state index is 11.9. The molecule has 0 aliphatic rings. The van der Waals surface area contributed by atoms with E-state index in [1.165, 1.54) is 6.07 Å². The van der Waals surface area contributed by atoms with Gasteiger partial charge in [-0.3, -0.25) is 14.4 Å². The second kappa shape index (κ2) is 8.92. The molecule has 1 rings (SSSR count). The van der Waals surface area contributed by atoms with Crippen LogP contribution in [0, 0.1) is 11.8 Å². The van der Waals surface area contributed by atoms with Gasteiger partial charge in [0.25, 0.3) is 5.91 Å². The average Bonchev–Trinajstić information content (AvgIpc) is 2.43. The molecule has 0 spiro atoms. The maximum absolute atomic E-state index is 11.9. The van der Waals surface area contributed by atoms with E-state index >= 15 is 0 Å². The fraction of sp³-hybridized carbons (Fsp3) is 0.471. The molecule has 0 bridgehead atoms. The van der Waals surface area contributed by atoms with E-state index in [1.807, 2.05) is 6.92 Å². The fourth-order valence-electron chi connectivity index (χ4n) is 2.32. The molecule has 1 aromatic rings. The Labute approximate surface area is 136 Å². The molecule has 0 radical (unpaired) electrons. The molecule has 1 atom stereocenters. The quantitative estimate of drug-likeness (QED) is 0.564. The first-order chi connectivity index (χ1) is 10.8. The van der Waals surface area contributed by atoms with Gasteiger partial charge in [-0.2, -0.15) is 0 Å². The van der Waals surface area contributed by atoms with Crippen LogP contribution in [-0.2, 0) is 9.59 Å². The van der Waals surface area contributed by atoms with Gasteiger partial charge < -0.3 is 15.8 Å². The van der Waals surface area contributed by atoms with Gasteiger partial charge in [-0.25, -0.2) is 0 Å². The molecule has 0 saturated carbocycles. The van der Waals surface area contributed by atoms with Crippen molar-refractivity contribution < 1.29 is 19.1 Å². The molecular weight excluding hydrogens is 296 g/mol. The van der Waals surface area contributed by atoms with E-state index in [9.17, 15) is 14.4 Å². The maximum Gasteiger partial charge on any atom is 0.311 e. The van der Waals surface area contributed by atoms with E-state index in [-0.39, 0.29) is 18.4 Å². The summed E-state index contributed by atoms with van der Waals surface area (Å²) in [5.74, 6) is -0.333. The first kappa shape index (κ1) is 18.7. The zero-order chi connectivity index (χ0) is 17.4. The number of carbonyl (C=O) groups is 3. The SMILES string of the molecule is CC(C)CC(C)CC(=O)Oc1cccc(C(=O)NCC(N)=O)c1. The minimum atomic E-state index is -0.625. The Bertz CT molecular complexity index is 569. The van der Waals surface area contributed by atoms with Gasteiger partial charge in [0, 0.05) is 12.0 Å². The highest BCUT2D eigenvalue weighted by molar-refractivity contribution is 5.96. The Kier molecular flexibility index (Phi) is 7.25. The summed E-state index contributed by atoms with van der Waals surface area (Å²) in [6, 6.07) is 6.24. The molecule has 0 aliphatic carbocycles. The lowest BCUT2D eigenvalue weighted by Gasteiger charge is -2.13. The third-order valence-electron chi connectivity index (χ3n) is 3.14. The van der Waals surface area contributed by atoms with Gasteiger partial charge in [0.1, 0.15) is 5.75 Å². The lowest BCUT2D eigenvalue weighted by Crippen LogP contribution is -2.33. The molecule has 0 heterocycles. The van der Waals surface area contributed by atoms with E-state index < -0.39 is 11.8 Å². The van der Waals surface area contributed by atoms with Crippen LogP contribution in [0.25, 0.3) is 0 Å². The van der Waals surface area contributed by atoms with Crippen LogP contribution in [-0.4, -0.2) is 24.3 Å². The van der Waals surface area contributed by atoms with Crippen molar-refractivity contribution in [1.82, 2.24) is 5.32 Å². The van der Waals surface area contributed by atoms with Crippen molar-refractivity contribution in [2.75, 3.05) is 6.54 Å². The molecule has 6 heteroatoms. The Balaban J connectivity index is 2.61. The summed E-state index contributed by atoms with van der Waals surface area (Å²) in [6.07, 6.45) is 1.28. The van der Waals surface area contributed by atoms with Crippen molar-refractivity contribution in [2.45, 2.75) is 33.6 Å². The summed E-state index contributed by atoms with van der Waals surface area (Å²) in [5.41, 5.74) is 5.27. The molecule has 2 amide bonds. The van der Waals surface area contributed by atoms with Crippen LogP contribution < -0.4 is 15.8 Å². The van der Waals surface area contributed by atoms with Crippen LogP contribution in [0.4, 0.5) is 0 Å². The van der Waals surface area contributed by atoms with Crippen molar-refractivity contribution in [1.29, 1.82) is 0 Å². The normalized spacial score (nSPS) is 11.8. The zero-order valence-electron chi connectivity index (χ0n) is 13.8. The second-order valence-electron chi connectivity index (χ2n) is 6.09. The van der Waals surface area contributed by atoms with Gasteiger partial charge in [-0.05, 0) is 36.5 Å². The van der Waals surface area contributed by atoms with Gasteiger partial charge in [0.15, 0.2) is 0 Å². The second-order valence-corrected chi connectivity index (χ2v) is 6.09. The standard InChI is InChI=1S/C17H24N2O4/c1-11(2)7-12(3)8-16(21)23-14-6-4-5-13(9-14)17(22)19-10-15(18)20/h4-6,9,11-12H,7-8,10H2,1-3H3,(H2,18,20)(H,19,22).